The Bertz CT molecular complexity index is 612. The smallest absolute Gasteiger partial charge is 0.209 e. The Morgan fingerprint density at radius 3 is 2.06 bits per heavy atom. The summed E-state index contributed by atoms with van der Waals surface area (Å²) in [7, 11) is 0. The third-order valence-electron chi connectivity index (χ3n) is 2.14. The molecule has 2 aromatic rings. The van der Waals surface area contributed by atoms with E-state index in [2.05, 4.69) is 15.9 Å². The summed E-state index contributed by atoms with van der Waals surface area (Å²) in [5.41, 5.74) is -1.22. The molecule has 2 rings (SSSR count). The first kappa shape index (κ1) is 13.2. The quantitative estimate of drug-likeness (QED) is 0.453. The van der Waals surface area contributed by atoms with Crippen LogP contribution in [0.15, 0.2) is 22.0 Å². The number of benzene rings is 1. The van der Waals surface area contributed by atoms with Gasteiger partial charge in [-0.25, -0.2) is 17.6 Å². The highest BCUT2D eigenvalue weighted by atomic mass is 79.9. The van der Waals surface area contributed by atoms with Crippen molar-refractivity contribution in [1.82, 2.24) is 0 Å². The minimum atomic E-state index is -1.69. The van der Waals surface area contributed by atoms with Crippen LogP contribution in [0, 0.1) is 23.3 Å². The van der Waals surface area contributed by atoms with Gasteiger partial charge in [-0.15, -0.1) is 11.3 Å². The molecule has 1 heterocycles. The lowest BCUT2D eigenvalue weighted by Gasteiger charge is -2.04. The summed E-state index contributed by atoms with van der Waals surface area (Å²) in [4.78, 5) is 11.8. The third kappa shape index (κ3) is 2.20. The van der Waals surface area contributed by atoms with E-state index in [-0.39, 0.29) is 10.9 Å². The fourth-order valence-corrected chi connectivity index (χ4v) is 2.66. The Labute approximate surface area is 111 Å². The predicted molar refractivity (Wildman–Crippen MR) is 61.7 cm³/mol. The SMILES string of the molecule is O=C(c1ccc(Br)s1)c1c(F)c(F)cc(F)c1F. The van der Waals surface area contributed by atoms with Gasteiger partial charge in [-0.05, 0) is 28.1 Å². The normalized spacial score (nSPS) is 10.7. The minimum absolute atomic E-state index is 0.0234. The molecule has 0 fully saturated rings. The summed E-state index contributed by atoms with van der Waals surface area (Å²) in [5, 5.41) is 0. The van der Waals surface area contributed by atoms with Gasteiger partial charge in [0.25, 0.3) is 0 Å². The molecule has 0 N–H and O–H groups in total. The van der Waals surface area contributed by atoms with Gasteiger partial charge in [-0.1, -0.05) is 0 Å². The molecular weight excluding hydrogens is 336 g/mol. The summed E-state index contributed by atoms with van der Waals surface area (Å²) in [6.45, 7) is 0. The van der Waals surface area contributed by atoms with E-state index in [1.807, 2.05) is 0 Å². The summed E-state index contributed by atoms with van der Waals surface area (Å²) >= 11 is 3.98. The summed E-state index contributed by atoms with van der Waals surface area (Å²) in [5.74, 6) is -7.69. The molecule has 0 saturated heterocycles. The van der Waals surface area contributed by atoms with E-state index >= 15 is 0 Å². The zero-order valence-electron chi connectivity index (χ0n) is 8.44. The molecule has 0 radical (unpaired) electrons. The van der Waals surface area contributed by atoms with Gasteiger partial charge >= 0.3 is 0 Å². The molecule has 94 valence electrons. The van der Waals surface area contributed by atoms with E-state index in [4.69, 9.17) is 0 Å². The molecule has 0 amide bonds. The van der Waals surface area contributed by atoms with Gasteiger partial charge in [0.05, 0.1) is 8.66 Å². The number of ketones is 1. The molecule has 0 spiro atoms. The number of carbonyl (C=O) groups is 1. The molecule has 1 nitrogen and oxygen atoms in total. The van der Waals surface area contributed by atoms with E-state index in [1.54, 1.807) is 0 Å². The Morgan fingerprint density at radius 1 is 1.06 bits per heavy atom. The Balaban J connectivity index is 2.61. The predicted octanol–water partition coefficient (Wildman–Crippen LogP) is 4.30. The Morgan fingerprint density at radius 2 is 1.61 bits per heavy atom. The van der Waals surface area contributed by atoms with Crippen molar-refractivity contribution < 1.29 is 22.4 Å². The van der Waals surface area contributed by atoms with Crippen LogP contribution in [0.5, 0.6) is 0 Å². The van der Waals surface area contributed by atoms with Crippen LogP contribution in [0.3, 0.4) is 0 Å². The number of carbonyl (C=O) groups excluding carboxylic acids is 1. The number of rotatable bonds is 2. The van der Waals surface area contributed by atoms with Crippen molar-refractivity contribution in [1.29, 1.82) is 0 Å². The fraction of sp³-hybridized carbons (Fsp3) is 0. The van der Waals surface area contributed by atoms with Crippen LogP contribution in [-0.2, 0) is 0 Å². The molecule has 0 saturated carbocycles. The molecule has 7 heteroatoms. The maximum Gasteiger partial charge on any atom is 0.209 e. The van der Waals surface area contributed by atoms with Crippen molar-refractivity contribution in [3.63, 3.8) is 0 Å². The van der Waals surface area contributed by atoms with Crippen molar-refractivity contribution in [3.8, 4) is 0 Å². The molecule has 1 aromatic carbocycles. The van der Waals surface area contributed by atoms with Gasteiger partial charge in [-0.3, -0.25) is 4.79 Å². The van der Waals surface area contributed by atoms with Crippen molar-refractivity contribution >= 4 is 33.0 Å². The summed E-state index contributed by atoms with van der Waals surface area (Å²) in [6, 6.07) is 2.86. The fourth-order valence-electron chi connectivity index (χ4n) is 1.33. The Kier molecular flexibility index (Phi) is 3.54. The standard InChI is InChI=1S/C11H3BrF4OS/c12-7-2-1-6(18-7)11(17)8-9(15)4(13)3-5(14)10(8)16/h1-3H. The second-order valence-corrected chi connectivity index (χ2v) is 5.74. The first-order chi connectivity index (χ1) is 8.41. The van der Waals surface area contributed by atoms with Crippen LogP contribution in [0.25, 0.3) is 0 Å². The third-order valence-corrected chi connectivity index (χ3v) is 3.76. The van der Waals surface area contributed by atoms with Crippen molar-refractivity contribution in [2.24, 2.45) is 0 Å². The van der Waals surface area contributed by atoms with Crippen LogP contribution in [-0.4, -0.2) is 5.78 Å². The molecule has 0 bridgehead atoms. The average Bonchev–Trinajstić information content (AvgIpc) is 2.73. The maximum atomic E-state index is 13.4. The highest BCUT2D eigenvalue weighted by molar-refractivity contribution is 9.11. The summed E-state index contributed by atoms with van der Waals surface area (Å²) in [6.07, 6.45) is 0. The van der Waals surface area contributed by atoms with Gasteiger partial charge in [0.1, 0.15) is 5.56 Å². The number of thiophene rings is 1. The molecular formula is C11H3BrF4OS. The highest BCUT2D eigenvalue weighted by Gasteiger charge is 2.26. The van der Waals surface area contributed by atoms with E-state index in [0.29, 0.717) is 3.79 Å². The second kappa shape index (κ2) is 4.81. The maximum absolute atomic E-state index is 13.4. The lowest BCUT2D eigenvalue weighted by molar-refractivity contribution is 0.103. The van der Waals surface area contributed by atoms with Gasteiger partial charge in [0.15, 0.2) is 23.3 Å². The molecule has 0 aliphatic rings. The van der Waals surface area contributed by atoms with E-state index in [9.17, 15) is 22.4 Å². The van der Waals surface area contributed by atoms with Crippen LogP contribution in [0.4, 0.5) is 17.6 Å². The topological polar surface area (TPSA) is 17.1 Å². The van der Waals surface area contributed by atoms with Gasteiger partial charge in [0.2, 0.25) is 5.78 Å². The van der Waals surface area contributed by atoms with Crippen molar-refractivity contribution in [2.45, 2.75) is 0 Å². The largest absolute Gasteiger partial charge is 0.287 e. The Hall–Kier alpha value is -1.21. The van der Waals surface area contributed by atoms with Crippen molar-refractivity contribution in [3.05, 3.63) is 55.7 Å². The van der Waals surface area contributed by atoms with Crippen LogP contribution in [0.1, 0.15) is 15.2 Å². The monoisotopic (exact) mass is 338 g/mol. The molecule has 0 unspecified atom stereocenters. The van der Waals surface area contributed by atoms with E-state index < -0.39 is 34.6 Å². The molecule has 1 aromatic heterocycles. The first-order valence-electron chi connectivity index (χ1n) is 4.55. The number of hydrogen-bond acceptors (Lipinski definition) is 2. The first-order valence-corrected chi connectivity index (χ1v) is 6.15. The van der Waals surface area contributed by atoms with Gasteiger partial charge in [-0.2, -0.15) is 0 Å². The molecule has 18 heavy (non-hydrogen) atoms. The number of halogens is 5. The van der Waals surface area contributed by atoms with E-state index in [0.717, 1.165) is 11.3 Å². The average molecular weight is 339 g/mol. The van der Waals surface area contributed by atoms with Gasteiger partial charge < -0.3 is 0 Å². The molecule has 0 aliphatic carbocycles. The second-order valence-electron chi connectivity index (χ2n) is 3.28. The van der Waals surface area contributed by atoms with Gasteiger partial charge in [0, 0.05) is 6.07 Å². The van der Waals surface area contributed by atoms with Crippen molar-refractivity contribution in [2.75, 3.05) is 0 Å². The van der Waals surface area contributed by atoms with E-state index in [1.165, 1.54) is 12.1 Å². The zero-order valence-corrected chi connectivity index (χ0v) is 10.8. The highest BCUT2D eigenvalue weighted by Crippen LogP contribution is 2.27. The molecule has 0 atom stereocenters. The summed E-state index contributed by atoms with van der Waals surface area (Å²) < 4.78 is 53.2. The minimum Gasteiger partial charge on any atom is -0.287 e. The zero-order chi connectivity index (χ0) is 13.4. The molecule has 0 aliphatic heterocycles. The number of hydrogen-bond donors (Lipinski definition) is 0. The lowest BCUT2D eigenvalue weighted by Crippen LogP contribution is -2.10. The van der Waals surface area contributed by atoms with Crippen LogP contribution in [0.2, 0.25) is 0 Å². The lowest BCUT2D eigenvalue weighted by atomic mass is 10.1. The van der Waals surface area contributed by atoms with Crippen LogP contribution < -0.4 is 0 Å². The van der Waals surface area contributed by atoms with Crippen LogP contribution >= 0.6 is 27.3 Å².